The largest absolute Gasteiger partial charge is 0.354 e. The number of carbonyl (C=O) groups is 1. The highest BCUT2D eigenvalue weighted by Crippen LogP contribution is 2.20. The van der Waals surface area contributed by atoms with Gasteiger partial charge in [0.2, 0.25) is 5.91 Å². The first kappa shape index (κ1) is 22.5. The summed E-state index contributed by atoms with van der Waals surface area (Å²) in [6, 6.07) is 18.0. The molecule has 0 bridgehead atoms. The van der Waals surface area contributed by atoms with Crippen LogP contribution >= 0.6 is 11.8 Å². The fraction of sp³-hybridized carbons (Fsp3) is 0.304. The van der Waals surface area contributed by atoms with Crippen molar-refractivity contribution in [2.75, 3.05) is 25.9 Å². The number of rotatable bonds is 10. The predicted octanol–water partition coefficient (Wildman–Crippen LogP) is 3.18. The molecule has 8 heteroatoms. The van der Waals surface area contributed by atoms with Gasteiger partial charge in [-0.3, -0.25) is 9.69 Å². The smallest absolute Gasteiger partial charge is 0.234 e. The molecule has 0 saturated carbocycles. The van der Waals surface area contributed by atoms with Crippen molar-refractivity contribution in [3.05, 3.63) is 77.9 Å². The molecule has 0 radical (unpaired) electrons. The first-order valence-corrected chi connectivity index (χ1v) is 11.2. The third-order valence-corrected chi connectivity index (χ3v) is 6.08. The van der Waals surface area contributed by atoms with Crippen molar-refractivity contribution >= 4 is 17.7 Å². The summed E-state index contributed by atoms with van der Waals surface area (Å²) in [6.07, 6.45) is 3.17. The second-order valence-corrected chi connectivity index (χ2v) is 8.30. The molecule has 1 aromatic heterocycles. The van der Waals surface area contributed by atoms with Gasteiger partial charge in [0.15, 0.2) is 0 Å². The Morgan fingerprint density at radius 1 is 1.26 bits per heavy atom. The van der Waals surface area contributed by atoms with Crippen molar-refractivity contribution in [3.63, 3.8) is 0 Å². The van der Waals surface area contributed by atoms with Gasteiger partial charge in [-0.2, -0.15) is 22.1 Å². The quantitative estimate of drug-likeness (QED) is 0.493. The van der Waals surface area contributed by atoms with Crippen LogP contribution in [0.15, 0.2) is 61.2 Å². The lowest BCUT2D eigenvalue weighted by Gasteiger charge is -2.24. The number of benzene rings is 2. The molecule has 1 atom stereocenters. The van der Waals surface area contributed by atoms with Crippen LogP contribution in [0, 0.1) is 11.3 Å². The van der Waals surface area contributed by atoms with Gasteiger partial charge in [0.1, 0.15) is 12.7 Å². The van der Waals surface area contributed by atoms with Gasteiger partial charge in [0.05, 0.1) is 23.9 Å². The summed E-state index contributed by atoms with van der Waals surface area (Å²) in [5, 5.41) is 16.2. The minimum Gasteiger partial charge on any atom is -0.354 e. The Morgan fingerprint density at radius 2 is 2.03 bits per heavy atom. The Labute approximate surface area is 187 Å². The van der Waals surface area contributed by atoms with Crippen LogP contribution in [0.1, 0.15) is 29.7 Å². The Bertz CT molecular complexity index is 1010. The summed E-state index contributed by atoms with van der Waals surface area (Å²) in [7, 11) is 1.95. The van der Waals surface area contributed by atoms with Crippen molar-refractivity contribution in [1.82, 2.24) is 25.0 Å². The standard InChI is InChI=1S/C23H26N6OS/c1-18(19-7-9-22(10-8-19)29-17-25-16-27-29)28(2)14-23(30)26-11-12-31-15-21-6-4-3-5-20(21)13-24/h3-10,16-18H,11-12,14-15H2,1-2H3,(H,26,30). The maximum atomic E-state index is 12.3. The molecule has 2 aromatic carbocycles. The first-order chi connectivity index (χ1) is 15.1. The lowest BCUT2D eigenvalue weighted by atomic mass is 10.1. The molecular formula is C23H26N6OS. The number of carbonyl (C=O) groups excluding carboxylic acids is 1. The highest BCUT2D eigenvalue weighted by molar-refractivity contribution is 7.98. The second-order valence-electron chi connectivity index (χ2n) is 7.19. The van der Waals surface area contributed by atoms with Crippen LogP contribution in [0.2, 0.25) is 0 Å². The third-order valence-electron chi connectivity index (χ3n) is 5.08. The molecule has 1 unspecified atom stereocenters. The zero-order valence-corrected chi connectivity index (χ0v) is 18.5. The third kappa shape index (κ3) is 6.41. The molecule has 7 nitrogen and oxygen atoms in total. The van der Waals surface area contributed by atoms with Gasteiger partial charge in [-0.15, -0.1) is 0 Å². The Morgan fingerprint density at radius 3 is 2.74 bits per heavy atom. The number of hydrogen-bond donors (Lipinski definition) is 1. The molecule has 1 amide bonds. The summed E-state index contributed by atoms with van der Waals surface area (Å²) in [5.41, 5.74) is 3.82. The number of aromatic nitrogens is 3. The molecule has 0 fully saturated rings. The van der Waals surface area contributed by atoms with Crippen LogP contribution in [-0.4, -0.2) is 51.5 Å². The van der Waals surface area contributed by atoms with Gasteiger partial charge in [0.25, 0.3) is 0 Å². The molecule has 3 aromatic rings. The fourth-order valence-electron chi connectivity index (χ4n) is 3.12. The van der Waals surface area contributed by atoms with Crippen molar-refractivity contribution in [1.29, 1.82) is 5.26 Å². The number of thioether (sulfide) groups is 1. The van der Waals surface area contributed by atoms with Gasteiger partial charge in [-0.25, -0.2) is 9.67 Å². The van der Waals surface area contributed by atoms with E-state index in [2.05, 4.69) is 28.4 Å². The lowest BCUT2D eigenvalue weighted by molar-refractivity contribution is -0.122. The molecule has 0 aliphatic rings. The molecule has 160 valence electrons. The minimum atomic E-state index is 0.00612. The average molecular weight is 435 g/mol. The summed E-state index contributed by atoms with van der Waals surface area (Å²) in [4.78, 5) is 18.3. The monoisotopic (exact) mass is 434 g/mol. The van der Waals surface area contributed by atoms with Crippen LogP contribution in [0.4, 0.5) is 0 Å². The Hall–Kier alpha value is -3.15. The maximum absolute atomic E-state index is 12.3. The average Bonchev–Trinajstić information content (AvgIpc) is 3.33. The molecule has 0 aliphatic heterocycles. The summed E-state index contributed by atoms with van der Waals surface area (Å²) in [5.74, 6) is 1.57. The predicted molar refractivity (Wildman–Crippen MR) is 123 cm³/mol. The van der Waals surface area contributed by atoms with Crippen molar-refractivity contribution < 1.29 is 4.79 Å². The second kappa shape index (κ2) is 11.3. The summed E-state index contributed by atoms with van der Waals surface area (Å²) in [6.45, 7) is 3.02. The molecule has 0 spiro atoms. The topological polar surface area (TPSA) is 86.8 Å². The molecule has 0 saturated heterocycles. The van der Waals surface area contributed by atoms with Crippen LogP contribution in [0.5, 0.6) is 0 Å². The Balaban J connectivity index is 1.39. The van der Waals surface area contributed by atoms with E-state index in [1.54, 1.807) is 22.8 Å². The van der Waals surface area contributed by atoms with Crippen molar-refractivity contribution in [2.45, 2.75) is 18.7 Å². The highest BCUT2D eigenvalue weighted by atomic mass is 32.2. The minimum absolute atomic E-state index is 0.00612. The number of nitrogens with zero attached hydrogens (tertiary/aromatic N) is 5. The summed E-state index contributed by atoms with van der Waals surface area (Å²) < 4.78 is 1.71. The first-order valence-electron chi connectivity index (χ1n) is 10.1. The van der Waals surface area contributed by atoms with Crippen LogP contribution in [0.25, 0.3) is 5.69 Å². The van der Waals surface area contributed by atoms with Crippen LogP contribution in [0.3, 0.4) is 0 Å². The van der Waals surface area contributed by atoms with Crippen molar-refractivity contribution in [3.8, 4) is 11.8 Å². The van der Waals surface area contributed by atoms with Gasteiger partial charge in [0, 0.05) is 24.1 Å². The SMILES string of the molecule is CC(c1ccc(-n2cncn2)cc1)N(C)CC(=O)NCCSCc1ccccc1C#N. The molecular weight excluding hydrogens is 408 g/mol. The van der Waals surface area contributed by atoms with Crippen LogP contribution in [-0.2, 0) is 10.5 Å². The van der Waals surface area contributed by atoms with Crippen LogP contribution < -0.4 is 5.32 Å². The number of amides is 1. The molecule has 31 heavy (non-hydrogen) atoms. The van der Waals surface area contributed by atoms with E-state index in [-0.39, 0.29) is 11.9 Å². The van der Waals surface area contributed by atoms with Gasteiger partial charge >= 0.3 is 0 Å². The van der Waals surface area contributed by atoms with E-state index >= 15 is 0 Å². The molecule has 1 N–H and O–H groups in total. The maximum Gasteiger partial charge on any atom is 0.234 e. The number of hydrogen-bond acceptors (Lipinski definition) is 6. The summed E-state index contributed by atoms with van der Waals surface area (Å²) >= 11 is 1.71. The van der Waals surface area contributed by atoms with E-state index in [1.807, 2.05) is 60.5 Å². The lowest BCUT2D eigenvalue weighted by Crippen LogP contribution is -2.37. The van der Waals surface area contributed by atoms with E-state index in [4.69, 9.17) is 5.26 Å². The number of nitriles is 1. The van der Waals surface area contributed by atoms with Gasteiger partial charge < -0.3 is 5.32 Å². The number of nitrogens with one attached hydrogen (secondary N) is 1. The van der Waals surface area contributed by atoms with E-state index in [0.717, 1.165) is 28.3 Å². The van der Waals surface area contributed by atoms with Gasteiger partial charge in [-0.05, 0) is 43.3 Å². The normalized spacial score (nSPS) is 11.8. The zero-order valence-electron chi connectivity index (χ0n) is 17.7. The number of likely N-dealkylation sites (N-methyl/N-ethyl adjacent to an activating group) is 1. The van der Waals surface area contributed by atoms with E-state index in [0.29, 0.717) is 18.7 Å². The van der Waals surface area contributed by atoms with Crippen molar-refractivity contribution in [2.24, 2.45) is 0 Å². The fourth-order valence-corrected chi connectivity index (χ4v) is 3.98. The van der Waals surface area contributed by atoms with Gasteiger partial charge in [-0.1, -0.05) is 30.3 Å². The zero-order chi connectivity index (χ0) is 22.1. The highest BCUT2D eigenvalue weighted by Gasteiger charge is 2.15. The molecule has 3 rings (SSSR count). The molecule has 0 aliphatic carbocycles. The Kier molecular flexibility index (Phi) is 8.21. The van der Waals surface area contributed by atoms with E-state index in [1.165, 1.54) is 6.33 Å². The molecule has 1 heterocycles. The van der Waals surface area contributed by atoms with E-state index in [9.17, 15) is 4.79 Å². The van der Waals surface area contributed by atoms with E-state index < -0.39 is 0 Å².